The Balaban J connectivity index is 2.18. The molecule has 1 aromatic rings. The number of phenolic OH excluding ortho intramolecular Hbond substituents is 1. The molecule has 0 aromatic heterocycles. The number of hydrogen-bond donors (Lipinski definition) is 2. The summed E-state index contributed by atoms with van der Waals surface area (Å²) in [5.74, 6) is 1.16. The second kappa shape index (κ2) is 7.81. The lowest BCUT2D eigenvalue weighted by Crippen LogP contribution is -2.46. The van der Waals surface area contributed by atoms with Crippen molar-refractivity contribution in [1.82, 2.24) is 4.90 Å². The highest BCUT2D eigenvalue weighted by molar-refractivity contribution is 14.1. The highest BCUT2D eigenvalue weighted by Crippen LogP contribution is 2.32. The Hall–Kier alpha value is -0.0600. The van der Waals surface area contributed by atoms with Crippen molar-refractivity contribution < 1.29 is 9.84 Å². The van der Waals surface area contributed by atoms with Crippen LogP contribution in [0.25, 0.3) is 6.08 Å². The maximum Gasteiger partial charge on any atom is 0.124 e. The molecule has 1 saturated heterocycles. The van der Waals surface area contributed by atoms with E-state index in [-0.39, 0.29) is 9.80 Å². The summed E-state index contributed by atoms with van der Waals surface area (Å²) in [5, 5.41) is 9.85. The molecule has 0 saturated carbocycles. The molecule has 2 atom stereocenters. The average Bonchev–Trinajstić information content (AvgIpc) is 2.44. The van der Waals surface area contributed by atoms with Crippen molar-refractivity contribution in [2.24, 2.45) is 5.73 Å². The molecule has 4 nitrogen and oxygen atoms in total. The largest absolute Gasteiger partial charge is 0.507 e. The minimum Gasteiger partial charge on any atom is -0.507 e. The zero-order valence-electron chi connectivity index (χ0n) is 11.0. The van der Waals surface area contributed by atoms with Crippen LogP contribution in [0.5, 0.6) is 5.75 Å². The number of phenols is 1. The van der Waals surface area contributed by atoms with Crippen LogP contribution in [-0.4, -0.2) is 37.8 Å². The van der Waals surface area contributed by atoms with E-state index < -0.39 is 0 Å². The smallest absolute Gasteiger partial charge is 0.124 e. The minimum atomic E-state index is 0.161. The van der Waals surface area contributed by atoms with Gasteiger partial charge in [-0.05, 0) is 25.1 Å². The second-order valence-corrected chi connectivity index (χ2v) is 7.18. The molecule has 20 heavy (non-hydrogen) atoms. The first-order valence-corrected chi connectivity index (χ1v) is 8.99. The third-order valence-corrected chi connectivity index (χ3v) is 5.53. The van der Waals surface area contributed by atoms with Gasteiger partial charge in [0.05, 0.1) is 4.05 Å². The molecule has 2 unspecified atom stereocenters. The first-order chi connectivity index (χ1) is 9.63. The molecule has 110 valence electrons. The molecule has 3 N–H and O–H groups in total. The maximum atomic E-state index is 9.85. The van der Waals surface area contributed by atoms with Crippen molar-refractivity contribution in [3.63, 3.8) is 0 Å². The van der Waals surface area contributed by atoms with Crippen molar-refractivity contribution in [3.8, 4) is 5.75 Å². The van der Waals surface area contributed by atoms with Gasteiger partial charge in [0.1, 0.15) is 22.2 Å². The molecule has 1 aliphatic heterocycles. The van der Waals surface area contributed by atoms with E-state index in [1.54, 1.807) is 6.07 Å². The quantitative estimate of drug-likeness (QED) is 0.380. The summed E-state index contributed by atoms with van der Waals surface area (Å²) in [4.78, 5) is 2.38. The lowest BCUT2D eigenvalue weighted by atomic mass is 10.1. The van der Waals surface area contributed by atoms with Gasteiger partial charge in [0.2, 0.25) is 0 Å². The summed E-state index contributed by atoms with van der Waals surface area (Å²) in [6.45, 7) is 2.31. The van der Waals surface area contributed by atoms with E-state index in [9.17, 15) is 5.11 Å². The molecule has 0 bridgehead atoms. The van der Waals surface area contributed by atoms with Crippen LogP contribution in [0.3, 0.4) is 0 Å². The van der Waals surface area contributed by atoms with E-state index >= 15 is 0 Å². The van der Waals surface area contributed by atoms with Crippen molar-refractivity contribution in [2.75, 3.05) is 19.7 Å². The summed E-state index contributed by atoms with van der Waals surface area (Å²) in [7, 11) is 0. The Morgan fingerprint density at radius 3 is 2.85 bits per heavy atom. The molecule has 1 aromatic carbocycles. The van der Waals surface area contributed by atoms with Crippen molar-refractivity contribution >= 4 is 51.3 Å². The summed E-state index contributed by atoms with van der Waals surface area (Å²) in [6, 6.07) is 7.29. The van der Waals surface area contributed by atoms with Crippen LogP contribution in [0.4, 0.5) is 0 Å². The minimum absolute atomic E-state index is 0.161. The number of halogens is 2. The zero-order chi connectivity index (χ0) is 14.5. The van der Waals surface area contributed by atoms with Crippen molar-refractivity contribution in [1.29, 1.82) is 0 Å². The number of rotatable bonds is 4. The number of hydrogen-bond acceptors (Lipinski definition) is 4. The van der Waals surface area contributed by atoms with Gasteiger partial charge in [0.25, 0.3) is 0 Å². The fourth-order valence-corrected chi connectivity index (χ4v) is 4.46. The zero-order valence-corrected chi connectivity index (χ0v) is 15.3. The van der Waals surface area contributed by atoms with Crippen molar-refractivity contribution in [2.45, 2.75) is 14.5 Å². The monoisotopic (exact) mass is 500 g/mol. The van der Waals surface area contributed by atoms with E-state index in [0.29, 0.717) is 17.2 Å². The van der Waals surface area contributed by atoms with Crippen LogP contribution in [-0.2, 0) is 4.74 Å². The number of morpholine rings is 1. The van der Waals surface area contributed by atoms with Crippen LogP contribution in [0, 0.1) is 0 Å². The second-order valence-electron chi connectivity index (χ2n) is 4.57. The summed E-state index contributed by atoms with van der Waals surface area (Å²) in [6.07, 6.45) is 2.90. The van der Waals surface area contributed by atoms with Crippen LogP contribution in [0.15, 0.2) is 30.0 Å². The molecule has 0 aliphatic carbocycles. The van der Waals surface area contributed by atoms with Gasteiger partial charge in [0.15, 0.2) is 0 Å². The molecule has 1 heterocycles. The molecule has 2 rings (SSSR count). The van der Waals surface area contributed by atoms with Crippen LogP contribution in [0.1, 0.15) is 12.0 Å². The topological polar surface area (TPSA) is 58.7 Å². The molecular formula is C14H18I2N2O2. The molecule has 1 fully saturated rings. The maximum absolute atomic E-state index is 9.85. The third kappa shape index (κ3) is 3.99. The first-order valence-electron chi connectivity index (χ1n) is 6.50. The lowest BCUT2D eigenvalue weighted by molar-refractivity contribution is 0.0803. The van der Waals surface area contributed by atoms with E-state index in [1.807, 2.05) is 24.3 Å². The van der Waals surface area contributed by atoms with Crippen LogP contribution < -0.4 is 5.73 Å². The van der Waals surface area contributed by atoms with E-state index in [0.717, 1.165) is 24.3 Å². The van der Waals surface area contributed by atoms with Crippen molar-refractivity contribution in [3.05, 3.63) is 35.6 Å². The van der Waals surface area contributed by atoms with Gasteiger partial charge in [-0.15, -0.1) is 0 Å². The third-order valence-electron chi connectivity index (χ3n) is 3.13. The van der Waals surface area contributed by atoms with E-state index in [4.69, 9.17) is 10.5 Å². The Labute approximate surface area is 146 Å². The van der Waals surface area contributed by atoms with Crippen LogP contribution in [0.2, 0.25) is 0 Å². The lowest BCUT2D eigenvalue weighted by Gasteiger charge is -2.38. The standard InChI is InChI=1S/C14H18I2N2O2/c15-13-9-20-12(14(16)18(13)7-3-6-17)8-10-4-1-2-5-11(10)19/h1-2,4-5,8,13-14,19H,3,6-7,9,17H2. The molecule has 0 spiro atoms. The Bertz CT molecular complexity index is 482. The summed E-state index contributed by atoms with van der Waals surface area (Å²) >= 11 is 4.78. The Morgan fingerprint density at radius 2 is 2.15 bits per heavy atom. The number of nitrogens with two attached hydrogens (primary N) is 1. The molecule has 6 heteroatoms. The number of benzene rings is 1. The van der Waals surface area contributed by atoms with Gasteiger partial charge >= 0.3 is 0 Å². The van der Waals surface area contributed by atoms with E-state index in [1.165, 1.54) is 0 Å². The van der Waals surface area contributed by atoms with E-state index in [2.05, 4.69) is 50.1 Å². The number of para-hydroxylation sites is 1. The van der Waals surface area contributed by atoms with Gasteiger partial charge in [-0.2, -0.15) is 0 Å². The SMILES string of the molecule is NCCCN1C(I)COC(=Cc2ccccc2O)C1I. The van der Waals surface area contributed by atoms with Gasteiger partial charge in [-0.1, -0.05) is 63.4 Å². The van der Waals surface area contributed by atoms with Crippen LogP contribution >= 0.6 is 45.2 Å². The van der Waals surface area contributed by atoms with Gasteiger partial charge in [0, 0.05) is 12.1 Å². The molecular weight excluding hydrogens is 482 g/mol. The molecule has 1 aliphatic rings. The Morgan fingerprint density at radius 1 is 1.40 bits per heavy atom. The fourth-order valence-electron chi connectivity index (χ4n) is 2.04. The molecule has 0 amide bonds. The molecule has 0 radical (unpaired) electrons. The number of aromatic hydroxyl groups is 1. The normalized spacial score (nSPS) is 25.6. The summed E-state index contributed by atoms with van der Waals surface area (Å²) < 4.78 is 6.34. The highest BCUT2D eigenvalue weighted by atomic mass is 127. The van der Waals surface area contributed by atoms with Gasteiger partial charge in [-0.25, -0.2) is 0 Å². The number of nitrogens with zero attached hydrogens (tertiary/aromatic N) is 1. The first kappa shape index (κ1) is 16.3. The Kier molecular flexibility index (Phi) is 6.37. The fraction of sp³-hybridized carbons (Fsp3) is 0.429. The number of alkyl halides is 2. The predicted octanol–water partition coefficient (Wildman–Crippen LogP) is 2.94. The summed E-state index contributed by atoms with van der Waals surface area (Å²) in [5.41, 5.74) is 6.39. The average molecular weight is 500 g/mol. The number of ether oxygens (including phenoxy) is 1. The van der Waals surface area contributed by atoms with Gasteiger partial charge in [-0.3, -0.25) is 4.90 Å². The van der Waals surface area contributed by atoms with Gasteiger partial charge < -0.3 is 15.6 Å². The highest BCUT2D eigenvalue weighted by Gasteiger charge is 2.31. The predicted molar refractivity (Wildman–Crippen MR) is 98.0 cm³/mol.